The summed E-state index contributed by atoms with van der Waals surface area (Å²) in [5.41, 5.74) is 1.84. The Morgan fingerprint density at radius 3 is 2.32 bits per heavy atom. The Balaban J connectivity index is 2.23. The van der Waals surface area contributed by atoms with Crippen molar-refractivity contribution in [3.05, 3.63) is 71.3 Å². The third-order valence-corrected chi connectivity index (χ3v) is 3.88. The molecule has 0 spiro atoms. The van der Waals surface area contributed by atoms with E-state index in [1.54, 1.807) is 38.2 Å². The van der Waals surface area contributed by atoms with E-state index < -0.39 is 12.0 Å². The number of ether oxygens (including phenoxy) is 1. The predicted octanol–water partition coefficient (Wildman–Crippen LogP) is 2.80. The number of nitrogens with zero attached hydrogens (tertiary/aromatic N) is 2. The molecular weight excluding hydrogens is 316 g/mol. The van der Waals surface area contributed by atoms with Crippen LogP contribution in [-0.4, -0.2) is 36.5 Å². The van der Waals surface area contributed by atoms with Crippen LogP contribution in [0.15, 0.2) is 54.6 Å². The molecule has 1 atom stereocenters. The molecular formula is C20H20N2O3. The van der Waals surface area contributed by atoms with Crippen LogP contribution in [-0.2, 0) is 16.0 Å². The minimum atomic E-state index is -0.717. The molecule has 0 saturated heterocycles. The Morgan fingerprint density at radius 2 is 1.76 bits per heavy atom. The van der Waals surface area contributed by atoms with E-state index in [1.807, 2.05) is 36.4 Å². The quantitative estimate of drug-likeness (QED) is 0.761. The topological polar surface area (TPSA) is 70.4 Å². The van der Waals surface area contributed by atoms with Crippen molar-refractivity contribution >= 4 is 11.9 Å². The lowest BCUT2D eigenvalue weighted by molar-refractivity contribution is -0.148. The maximum absolute atomic E-state index is 12.7. The van der Waals surface area contributed by atoms with Gasteiger partial charge in [-0.25, -0.2) is 4.79 Å². The molecule has 5 heteroatoms. The maximum atomic E-state index is 12.7. The van der Waals surface area contributed by atoms with Crippen molar-refractivity contribution in [1.29, 1.82) is 5.26 Å². The Labute approximate surface area is 147 Å². The van der Waals surface area contributed by atoms with Crippen molar-refractivity contribution in [3.8, 4) is 6.07 Å². The van der Waals surface area contributed by atoms with Gasteiger partial charge in [0.25, 0.3) is 5.91 Å². The number of carbonyl (C=O) groups excluding carboxylic acids is 2. The van der Waals surface area contributed by atoms with Crippen molar-refractivity contribution in [2.45, 2.75) is 19.4 Å². The minimum Gasteiger partial charge on any atom is -0.464 e. The summed E-state index contributed by atoms with van der Waals surface area (Å²) in [4.78, 5) is 26.5. The molecule has 0 fully saturated rings. The highest BCUT2D eigenvalue weighted by molar-refractivity contribution is 5.96. The van der Waals surface area contributed by atoms with E-state index >= 15 is 0 Å². The number of nitriles is 1. The predicted molar refractivity (Wildman–Crippen MR) is 93.8 cm³/mol. The van der Waals surface area contributed by atoms with Crippen molar-refractivity contribution in [2.24, 2.45) is 0 Å². The maximum Gasteiger partial charge on any atom is 0.329 e. The summed E-state index contributed by atoms with van der Waals surface area (Å²) in [5.74, 6) is -0.727. The molecule has 2 aromatic carbocycles. The summed E-state index contributed by atoms with van der Waals surface area (Å²) in [6.45, 7) is 1.99. The van der Waals surface area contributed by atoms with Gasteiger partial charge in [-0.15, -0.1) is 0 Å². The highest BCUT2D eigenvalue weighted by Gasteiger charge is 2.29. The minimum absolute atomic E-state index is 0.253. The van der Waals surface area contributed by atoms with Crippen molar-refractivity contribution in [3.63, 3.8) is 0 Å². The van der Waals surface area contributed by atoms with E-state index in [0.717, 1.165) is 5.56 Å². The van der Waals surface area contributed by atoms with E-state index in [2.05, 4.69) is 0 Å². The van der Waals surface area contributed by atoms with Gasteiger partial charge >= 0.3 is 5.97 Å². The number of esters is 1. The van der Waals surface area contributed by atoms with Crippen LogP contribution in [0.5, 0.6) is 0 Å². The van der Waals surface area contributed by atoms with Crippen LogP contribution >= 0.6 is 0 Å². The second-order valence-electron chi connectivity index (χ2n) is 5.56. The Morgan fingerprint density at radius 1 is 1.12 bits per heavy atom. The highest BCUT2D eigenvalue weighted by atomic mass is 16.5. The second kappa shape index (κ2) is 8.65. The van der Waals surface area contributed by atoms with E-state index in [4.69, 9.17) is 10.00 Å². The summed E-state index contributed by atoms with van der Waals surface area (Å²) in [7, 11) is 1.59. The van der Waals surface area contributed by atoms with E-state index in [1.165, 1.54) is 4.90 Å². The van der Waals surface area contributed by atoms with Gasteiger partial charge in [0.2, 0.25) is 0 Å². The summed E-state index contributed by atoms with van der Waals surface area (Å²) in [5, 5.41) is 8.85. The first-order valence-electron chi connectivity index (χ1n) is 8.04. The Hall–Kier alpha value is -3.13. The second-order valence-corrected chi connectivity index (χ2v) is 5.56. The number of likely N-dealkylation sites (N-methyl/N-ethyl adjacent to an activating group) is 1. The first-order chi connectivity index (χ1) is 12.1. The Bertz CT molecular complexity index is 764. The SMILES string of the molecule is CCOC(=O)C(Cc1ccccc1)N(C)C(=O)c1ccc(C#N)cc1. The smallest absolute Gasteiger partial charge is 0.329 e. The molecule has 2 aromatic rings. The highest BCUT2D eigenvalue weighted by Crippen LogP contribution is 2.14. The summed E-state index contributed by atoms with van der Waals surface area (Å²) >= 11 is 0. The standard InChI is InChI=1S/C20H20N2O3/c1-3-25-20(24)18(13-15-7-5-4-6-8-15)22(2)19(23)17-11-9-16(14-21)10-12-17/h4-12,18H,3,13H2,1-2H3. The lowest BCUT2D eigenvalue weighted by Crippen LogP contribution is -2.44. The van der Waals surface area contributed by atoms with Gasteiger partial charge in [-0.2, -0.15) is 5.26 Å². The fourth-order valence-electron chi connectivity index (χ4n) is 2.49. The van der Waals surface area contributed by atoms with Crippen LogP contribution < -0.4 is 0 Å². The monoisotopic (exact) mass is 336 g/mol. The number of rotatable bonds is 6. The number of amides is 1. The number of benzene rings is 2. The molecule has 0 heterocycles. The fraction of sp³-hybridized carbons (Fsp3) is 0.250. The largest absolute Gasteiger partial charge is 0.464 e. The number of hydrogen-bond acceptors (Lipinski definition) is 4. The third-order valence-electron chi connectivity index (χ3n) is 3.88. The lowest BCUT2D eigenvalue weighted by Gasteiger charge is -2.26. The molecule has 25 heavy (non-hydrogen) atoms. The first-order valence-corrected chi connectivity index (χ1v) is 8.04. The van der Waals surface area contributed by atoms with Crippen LogP contribution in [0.1, 0.15) is 28.4 Å². The van der Waals surface area contributed by atoms with Gasteiger partial charge in [0.1, 0.15) is 6.04 Å². The summed E-state index contributed by atoms with van der Waals surface area (Å²) in [6, 6.07) is 17.1. The van der Waals surface area contributed by atoms with Gasteiger partial charge in [-0.3, -0.25) is 4.79 Å². The van der Waals surface area contributed by atoms with Crippen LogP contribution in [0, 0.1) is 11.3 Å². The summed E-state index contributed by atoms with van der Waals surface area (Å²) in [6.07, 6.45) is 0.373. The molecule has 0 bridgehead atoms. The molecule has 0 aliphatic heterocycles. The van der Waals surface area contributed by atoms with E-state index in [0.29, 0.717) is 17.5 Å². The molecule has 128 valence electrons. The van der Waals surface area contributed by atoms with Crippen LogP contribution in [0.2, 0.25) is 0 Å². The van der Waals surface area contributed by atoms with Crippen LogP contribution in [0.25, 0.3) is 0 Å². The third kappa shape index (κ3) is 4.67. The molecule has 2 rings (SSSR count). The fourth-order valence-corrected chi connectivity index (χ4v) is 2.49. The molecule has 0 aliphatic carbocycles. The van der Waals surface area contributed by atoms with Gasteiger partial charge in [-0.05, 0) is 36.8 Å². The summed E-state index contributed by atoms with van der Waals surface area (Å²) < 4.78 is 5.14. The van der Waals surface area contributed by atoms with Gasteiger partial charge in [0.05, 0.1) is 18.2 Å². The number of hydrogen-bond donors (Lipinski definition) is 0. The normalized spacial score (nSPS) is 11.2. The molecule has 5 nitrogen and oxygen atoms in total. The molecule has 0 N–H and O–H groups in total. The van der Waals surface area contributed by atoms with Gasteiger partial charge in [0, 0.05) is 19.0 Å². The zero-order chi connectivity index (χ0) is 18.2. The number of carbonyl (C=O) groups is 2. The van der Waals surface area contributed by atoms with Gasteiger partial charge < -0.3 is 9.64 Å². The van der Waals surface area contributed by atoms with Crippen LogP contribution in [0.3, 0.4) is 0 Å². The first kappa shape index (κ1) is 18.2. The average Bonchev–Trinajstić information content (AvgIpc) is 2.66. The molecule has 0 aromatic heterocycles. The van der Waals surface area contributed by atoms with Crippen molar-refractivity contribution < 1.29 is 14.3 Å². The van der Waals surface area contributed by atoms with E-state index in [9.17, 15) is 9.59 Å². The average molecular weight is 336 g/mol. The lowest BCUT2D eigenvalue weighted by atomic mass is 10.0. The van der Waals surface area contributed by atoms with Crippen molar-refractivity contribution in [1.82, 2.24) is 4.90 Å². The Kier molecular flexibility index (Phi) is 6.30. The molecule has 0 saturated carbocycles. The van der Waals surface area contributed by atoms with Crippen LogP contribution in [0.4, 0.5) is 0 Å². The molecule has 0 radical (unpaired) electrons. The van der Waals surface area contributed by atoms with Gasteiger partial charge in [-0.1, -0.05) is 30.3 Å². The zero-order valence-electron chi connectivity index (χ0n) is 14.3. The van der Waals surface area contributed by atoms with Crippen molar-refractivity contribution in [2.75, 3.05) is 13.7 Å². The molecule has 1 amide bonds. The molecule has 0 aliphatic rings. The molecule has 1 unspecified atom stereocenters. The van der Waals surface area contributed by atoms with E-state index in [-0.39, 0.29) is 12.5 Å². The zero-order valence-corrected chi connectivity index (χ0v) is 14.3. The van der Waals surface area contributed by atoms with Gasteiger partial charge in [0.15, 0.2) is 0 Å².